The van der Waals surface area contributed by atoms with Gasteiger partial charge in [0, 0.05) is 0 Å². The number of benzene rings is 1. The Balaban J connectivity index is 1.81. The van der Waals surface area contributed by atoms with E-state index in [1.807, 2.05) is 0 Å². The first-order valence-corrected chi connectivity index (χ1v) is 6.67. The second-order valence-corrected chi connectivity index (χ2v) is 5.07. The monoisotopic (exact) mass is 233 g/mol. The minimum Gasteiger partial charge on any atom is -0.493 e. The molecule has 1 atom stereocenters. The molecule has 0 bridgehead atoms. The highest BCUT2D eigenvalue weighted by Gasteiger charge is 2.13. The lowest BCUT2D eigenvalue weighted by atomic mass is 9.97. The minimum atomic E-state index is 0.799. The lowest BCUT2D eigenvalue weighted by molar-refractivity contribution is 0.252. The van der Waals surface area contributed by atoms with Crippen molar-refractivity contribution in [3.8, 4) is 5.75 Å². The SMILES string of the molecule is Cc1cccc(C)c1OCCC1CCCNC1. The molecule has 1 saturated heterocycles. The number of rotatable bonds is 4. The van der Waals surface area contributed by atoms with Crippen molar-refractivity contribution in [1.29, 1.82) is 0 Å². The smallest absolute Gasteiger partial charge is 0.125 e. The van der Waals surface area contributed by atoms with E-state index in [1.54, 1.807) is 0 Å². The van der Waals surface area contributed by atoms with E-state index in [2.05, 4.69) is 37.4 Å². The molecule has 1 N–H and O–H groups in total. The molecule has 0 amide bonds. The van der Waals surface area contributed by atoms with Crippen LogP contribution in [0.4, 0.5) is 0 Å². The van der Waals surface area contributed by atoms with Gasteiger partial charge in [-0.1, -0.05) is 18.2 Å². The van der Waals surface area contributed by atoms with Gasteiger partial charge >= 0.3 is 0 Å². The van der Waals surface area contributed by atoms with E-state index in [1.165, 1.54) is 36.9 Å². The molecule has 1 aliphatic rings. The van der Waals surface area contributed by atoms with Crippen LogP contribution in [0, 0.1) is 19.8 Å². The molecule has 1 unspecified atom stereocenters. The molecule has 1 aromatic carbocycles. The van der Waals surface area contributed by atoms with Crippen molar-refractivity contribution in [3.05, 3.63) is 29.3 Å². The van der Waals surface area contributed by atoms with Gasteiger partial charge in [-0.15, -0.1) is 0 Å². The highest BCUT2D eigenvalue weighted by Crippen LogP contribution is 2.23. The Hall–Kier alpha value is -1.02. The molecule has 1 aromatic rings. The molecule has 0 spiro atoms. The van der Waals surface area contributed by atoms with Gasteiger partial charge in [0.1, 0.15) is 5.75 Å². The number of hydrogen-bond acceptors (Lipinski definition) is 2. The largest absolute Gasteiger partial charge is 0.493 e. The Morgan fingerprint density at radius 1 is 1.29 bits per heavy atom. The van der Waals surface area contributed by atoms with E-state index in [4.69, 9.17) is 4.74 Å². The Morgan fingerprint density at radius 2 is 2.06 bits per heavy atom. The minimum absolute atomic E-state index is 0.799. The van der Waals surface area contributed by atoms with Crippen molar-refractivity contribution in [2.75, 3.05) is 19.7 Å². The van der Waals surface area contributed by atoms with Crippen molar-refractivity contribution in [2.45, 2.75) is 33.1 Å². The van der Waals surface area contributed by atoms with E-state index in [0.29, 0.717) is 0 Å². The third kappa shape index (κ3) is 3.47. The molecule has 1 fully saturated rings. The van der Waals surface area contributed by atoms with E-state index in [-0.39, 0.29) is 0 Å². The first-order valence-electron chi connectivity index (χ1n) is 6.67. The summed E-state index contributed by atoms with van der Waals surface area (Å²) in [6.45, 7) is 7.43. The number of ether oxygens (including phenoxy) is 1. The molecule has 0 aromatic heterocycles. The standard InChI is InChI=1S/C15H23NO/c1-12-5-3-6-13(2)15(12)17-10-8-14-7-4-9-16-11-14/h3,5-6,14,16H,4,7-11H2,1-2H3. The maximum atomic E-state index is 5.94. The summed E-state index contributed by atoms with van der Waals surface area (Å²) in [6.07, 6.45) is 3.83. The Morgan fingerprint density at radius 3 is 2.71 bits per heavy atom. The third-order valence-electron chi connectivity index (χ3n) is 3.58. The third-order valence-corrected chi connectivity index (χ3v) is 3.58. The zero-order valence-corrected chi connectivity index (χ0v) is 11.0. The number of hydrogen-bond donors (Lipinski definition) is 1. The predicted octanol–water partition coefficient (Wildman–Crippen LogP) is 3.07. The Kier molecular flexibility index (Phi) is 4.43. The molecule has 1 heterocycles. The van der Waals surface area contributed by atoms with Gasteiger partial charge in [-0.05, 0) is 63.2 Å². The maximum absolute atomic E-state index is 5.94. The van der Waals surface area contributed by atoms with Crippen molar-refractivity contribution in [2.24, 2.45) is 5.92 Å². The van der Waals surface area contributed by atoms with Crippen LogP contribution in [-0.4, -0.2) is 19.7 Å². The van der Waals surface area contributed by atoms with Crippen LogP contribution in [0.2, 0.25) is 0 Å². The van der Waals surface area contributed by atoms with Crippen LogP contribution in [-0.2, 0) is 0 Å². The van der Waals surface area contributed by atoms with Crippen LogP contribution in [0.3, 0.4) is 0 Å². The maximum Gasteiger partial charge on any atom is 0.125 e. The lowest BCUT2D eigenvalue weighted by Crippen LogP contribution is -2.30. The normalized spacial score (nSPS) is 20.2. The highest BCUT2D eigenvalue weighted by atomic mass is 16.5. The summed E-state index contributed by atoms with van der Waals surface area (Å²) in [6, 6.07) is 6.32. The summed E-state index contributed by atoms with van der Waals surface area (Å²) in [5.41, 5.74) is 2.48. The van der Waals surface area contributed by atoms with Crippen LogP contribution < -0.4 is 10.1 Å². The molecule has 94 valence electrons. The van der Waals surface area contributed by atoms with Crippen molar-refractivity contribution >= 4 is 0 Å². The summed E-state index contributed by atoms with van der Waals surface area (Å²) in [7, 11) is 0. The first-order chi connectivity index (χ1) is 8.27. The van der Waals surface area contributed by atoms with E-state index < -0.39 is 0 Å². The molecule has 2 rings (SSSR count). The van der Waals surface area contributed by atoms with Crippen LogP contribution in [0.1, 0.15) is 30.4 Å². The molecule has 0 saturated carbocycles. The fourth-order valence-electron chi connectivity index (χ4n) is 2.52. The lowest BCUT2D eigenvalue weighted by Gasteiger charge is -2.23. The summed E-state index contributed by atoms with van der Waals surface area (Å²) >= 11 is 0. The fourth-order valence-corrected chi connectivity index (χ4v) is 2.52. The van der Waals surface area contributed by atoms with Gasteiger partial charge in [0.15, 0.2) is 0 Å². The second kappa shape index (κ2) is 6.06. The topological polar surface area (TPSA) is 21.3 Å². The van der Waals surface area contributed by atoms with Crippen LogP contribution >= 0.6 is 0 Å². The number of nitrogens with one attached hydrogen (secondary N) is 1. The van der Waals surface area contributed by atoms with Crippen LogP contribution in [0.25, 0.3) is 0 Å². The van der Waals surface area contributed by atoms with Gasteiger partial charge in [0.05, 0.1) is 6.61 Å². The summed E-state index contributed by atoms with van der Waals surface area (Å²) in [4.78, 5) is 0. The first kappa shape index (κ1) is 12.4. The summed E-state index contributed by atoms with van der Waals surface area (Å²) < 4.78 is 5.94. The van der Waals surface area contributed by atoms with Gasteiger partial charge in [-0.3, -0.25) is 0 Å². The number of piperidine rings is 1. The van der Waals surface area contributed by atoms with Gasteiger partial charge in [0.2, 0.25) is 0 Å². The molecule has 1 aliphatic heterocycles. The van der Waals surface area contributed by atoms with Crippen molar-refractivity contribution in [3.63, 3.8) is 0 Å². The molecule has 0 aliphatic carbocycles. The zero-order valence-electron chi connectivity index (χ0n) is 11.0. The van der Waals surface area contributed by atoms with Crippen LogP contribution in [0.5, 0.6) is 5.75 Å². The highest BCUT2D eigenvalue weighted by molar-refractivity contribution is 5.39. The van der Waals surface area contributed by atoms with Crippen LogP contribution in [0.15, 0.2) is 18.2 Å². The number of para-hydroxylation sites is 1. The predicted molar refractivity (Wildman–Crippen MR) is 71.6 cm³/mol. The van der Waals surface area contributed by atoms with E-state index in [9.17, 15) is 0 Å². The zero-order chi connectivity index (χ0) is 12.1. The molecule has 2 nitrogen and oxygen atoms in total. The Labute approximate surface area is 104 Å². The molecule has 17 heavy (non-hydrogen) atoms. The van der Waals surface area contributed by atoms with Gasteiger partial charge in [-0.2, -0.15) is 0 Å². The Bertz CT molecular complexity index is 336. The average Bonchev–Trinajstić information content (AvgIpc) is 2.34. The molecular formula is C15H23NO. The second-order valence-electron chi connectivity index (χ2n) is 5.07. The molecule has 2 heteroatoms. The van der Waals surface area contributed by atoms with Crippen molar-refractivity contribution < 1.29 is 4.74 Å². The number of aryl methyl sites for hydroxylation is 2. The quantitative estimate of drug-likeness (QED) is 0.863. The van der Waals surface area contributed by atoms with E-state index >= 15 is 0 Å². The van der Waals surface area contributed by atoms with Crippen molar-refractivity contribution in [1.82, 2.24) is 5.32 Å². The van der Waals surface area contributed by atoms with Gasteiger partial charge < -0.3 is 10.1 Å². The summed E-state index contributed by atoms with van der Waals surface area (Å²) in [5, 5.41) is 3.45. The summed E-state index contributed by atoms with van der Waals surface area (Å²) in [5.74, 6) is 1.88. The van der Waals surface area contributed by atoms with Gasteiger partial charge in [-0.25, -0.2) is 0 Å². The van der Waals surface area contributed by atoms with E-state index in [0.717, 1.165) is 24.8 Å². The average molecular weight is 233 g/mol. The van der Waals surface area contributed by atoms with Gasteiger partial charge in [0.25, 0.3) is 0 Å². The molecule has 0 radical (unpaired) electrons. The molecular weight excluding hydrogens is 210 g/mol. The fraction of sp³-hybridized carbons (Fsp3) is 0.600.